The number of likely N-dealkylation sites (N-methyl/N-ethyl adjacent to an activating group) is 1. The lowest BCUT2D eigenvalue weighted by molar-refractivity contribution is 0.222. The van der Waals surface area contributed by atoms with Crippen LogP contribution in [0.1, 0.15) is 62.6 Å². The van der Waals surface area contributed by atoms with E-state index in [-0.39, 0.29) is 0 Å². The minimum Gasteiger partial charge on any atom is -0.313 e. The quantitative estimate of drug-likeness (QED) is 0.843. The number of benzene rings is 1. The summed E-state index contributed by atoms with van der Waals surface area (Å²) in [5.41, 5.74) is 5.27. The lowest BCUT2D eigenvalue weighted by Crippen LogP contribution is -2.43. The van der Waals surface area contributed by atoms with Gasteiger partial charge in [0.1, 0.15) is 0 Å². The van der Waals surface area contributed by atoms with Crippen molar-refractivity contribution in [2.24, 2.45) is 5.41 Å². The van der Waals surface area contributed by atoms with Crippen LogP contribution in [-0.2, 0) is 19.3 Å². The van der Waals surface area contributed by atoms with Gasteiger partial charge in [0.25, 0.3) is 0 Å². The van der Waals surface area contributed by atoms with Crippen molar-refractivity contribution < 1.29 is 0 Å². The van der Waals surface area contributed by atoms with Gasteiger partial charge in [0.15, 0.2) is 0 Å². The number of hydrogen-bond donors (Lipinski definition) is 1. The maximum atomic E-state index is 3.78. The molecule has 2 aliphatic carbocycles. The number of nitrogens with one attached hydrogen (secondary N) is 1. The Balaban J connectivity index is 1.76. The van der Waals surface area contributed by atoms with Crippen LogP contribution in [-0.4, -0.2) is 12.6 Å². The normalized spacial score (nSPS) is 21.9. The van der Waals surface area contributed by atoms with Gasteiger partial charge in [-0.1, -0.05) is 44.9 Å². The molecule has 20 heavy (non-hydrogen) atoms. The minimum atomic E-state index is 0.509. The van der Waals surface area contributed by atoms with E-state index in [1.54, 1.807) is 16.7 Å². The molecule has 0 saturated heterocycles. The van der Waals surface area contributed by atoms with Gasteiger partial charge in [-0.3, -0.25) is 0 Å². The third kappa shape index (κ3) is 2.79. The first-order valence-corrected chi connectivity index (χ1v) is 8.55. The van der Waals surface area contributed by atoms with E-state index in [9.17, 15) is 0 Å². The predicted octanol–water partition coefficient (Wildman–Crippen LogP) is 4.28. The highest BCUT2D eigenvalue weighted by molar-refractivity contribution is 5.35. The second-order valence-electron chi connectivity index (χ2n) is 7.13. The standard InChI is InChI=1S/C19H29N/c1-3-20-18(19(2)11-4-5-12-19)14-15-9-10-16-7-6-8-17(16)13-15/h9-10,13,18,20H,3-8,11-12,14H2,1-2H3. The maximum absolute atomic E-state index is 3.78. The molecule has 3 rings (SSSR count). The molecule has 0 amide bonds. The van der Waals surface area contributed by atoms with Crippen LogP contribution >= 0.6 is 0 Å². The fourth-order valence-corrected chi connectivity index (χ4v) is 4.33. The Morgan fingerprint density at radius 2 is 1.85 bits per heavy atom. The van der Waals surface area contributed by atoms with E-state index in [1.165, 1.54) is 51.4 Å². The molecule has 110 valence electrons. The first-order chi connectivity index (χ1) is 9.71. The van der Waals surface area contributed by atoms with Gasteiger partial charge >= 0.3 is 0 Å². The van der Waals surface area contributed by atoms with Crippen LogP contribution in [0.4, 0.5) is 0 Å². The summed E-state index contributed by atoms with van der Waals surface area (Å²) in [4.78, 5) is 0. The Hall–Kier alpha value is -0.820. The Bertz CT molecular complexity index is 457. The van der Waals surface area contributed by atoms with Gasteiger partial charge in [0, 0.05) is 6.04 Å². The third-order valence-corrected chi connectivity index (χ3v) is 5.64. The van der Waals surface area contributed by atoms with Gasteiger partial charge in [0.2, 0.25) is 0 Å². The van der Waals surface area contributed by atoms with Crippen LogP contribution in [0.2, 0.25) is 0 Å². The maximum Gasteiger partial charge on any atom is 0.0161 e. The first kappa shape index (κ1) is 14.1. The van der Waals surface area contributed by atoms with Gasteiger partial charge in [-0.2, -0.15) is 0 Å². The Kier molecular flexibility index (Phi) is 4.16. The largest absolute Gasteiger partial charge is 0.313 e. The number of rotatable bonds is 5. The van der Waals surface area contributed by atoms with Crippen LogP contribution in [0.3, 0.4) is 0 Å². The van der Waals surface area contributed by atoms with Gasteiger partial charge < -0.3 is 5.32 Å². The van der Waals surface area contributed by atoms with Crippen molar-refractivity contribution in [3.05, 3.63) is 34.9 Å². The van der Waals surface area contributed by atoms with Crippen LogP contribution in [0.5, 0.6) is 0 Å². The highest BCUT2D eigenvalue weighted by Crippen LogP contribution is 2.41. The zero-order valence-corrected chi connectivity index (χ0v) is 13.2. The molecule has 1 saturated carbocycles. The smallest absolute Gasteiger partial charge is 0.0161 e. The molecule has 1 heteroatoms. The third-order valence-electron chi connectivity index (χ3n) is 5.64. The van der Waals surface area contributed by atoms with Gasteiger partial charge in [-0.05, 0) is 67.2 Å². The molecule has 1 aromatic rings. The van der Waals surface area contributed by atoms with Crippen molar-refractivity contribution in [1.82, 2.24) is 5.32 Å². The van der Waals surface area contributed by atoms with Crippen LogP contribution in [0.15, 0.2) is 18.2 Å². The van der Waals surface area contributed by atoms with Crippen molar-refractivity contribution in [3.8, 4) is 0 Å². The van der Waals surface area contributed by atoms with Gasteiger partial charge in [0.05, 0.1) is 0 Å². The Morgan fingerprint density at radius 3 is 2.60 bits per heavy atom. The van der Waals surface area contributed by atoms with E-state index >= 15 is 0 Å². The van der Waals surface area contributed by atoms with E-state index in [2.05, 4.69) is 37.4 Å². The number of fused-ring (bicyclic) bond motifs is 1. The molecule has 0 aliphatic heterocycles. The molecule has 0 bridgehead atoms. The van der Waals surface area contributed by atoms with Crippen LogP contribution < -0.4 is 5.32 Å². The lowest BCUT2D eigenvalue weighted by atomic mass is 9.77. The highest BCUT2D eigenvalue weighted by atomic mass is 14.9. The summed E-state index contributed by atoms with van der Waals surface area (Å²) in [5.74, 6) is 0. The minimum absolute atomic E-state index is 0.509. The van der Waals surface area contributed by atoms with E-state index < -0.39 is 0 Å². The van der Waals surface area contributed by atoms with E-state index in [0.717, 1.165) is 6.54 Å². The average molecular weight is 271 g/mol. The summed E-state index contributed by atoms with van der Waals surface area (Å²) in [7, 11) is 0. The molecule has 0 aromatic heterocycles. The number of aryl methyl sites for hydroxylation is 2. The second kappa shape index (κ2) is 5.89. The van der Waals surface area contributed by atoms with Crippen molar-refractivity contribution in [1.29, 1.82) is 0 Å². The summed E-state index contributed by atoms with van der Waals surface area (Å²) in [6.45, 7) is 5.83. The Morgan fingerprint density at radius 1 is 1.10 bits per heavy atom. The molecular weight excluding hydrogens is 242 g/mol. The summed E-state index contributed by atoms with van der Waals surface area (Å²) in [5, 5.41) is 3.78. The molecule has 1 atom stereocenters. The molecule has 2 aliphatic rings. The zero-order valence-electron chi connectivity index (χ0n) is 13.2. The molecule has 1 aromatic carbocycles. The molecule has 0 spiro atoms. The van der Waals surface area contributed by atoms with E-state index in [4.69, 9.17) is 0 Å². The van der Waals surface area contributed by atoms with Crippen LogP contribution in [0.25, 0.3) is 0 Å². The monoisotopic (exact) mass is 271 g/mol. The summed E-state index contributed by atoms with van der Waals surface area (Å²) < 4.78 is 0. The molecule has 1 unspecified atom stereocenters. The lowest BCUT2D eigenvalue weighted by Gasteiger charge is -2.35. The molecular formula is C19H29N. The number of hydrogen-bond acceptors (Lipinski definition) is 1. The molecule has 1 nitrogen and oxygen atoms in total. The van der Waals surface area contributed by atoms with Crippen LogP contribution in [0, 0.1) is 5.41 Å². The average Bonchev–Trinajstić information content (AvgIpc) is 3.07. The fourth-order valence-electron chi connectivity index (χ4n) is 4.33. The fraction of sp³-hybridized carbons (Fsp3) is 0.684. The van der Waals surface area contributed by atoms with Crippen molar-refractivity contribution in [3.63, 3.8) is 0 Å². The van der Waals surface area contributed by atoms with E-state index in [0.29, 0.717) is 11.5 Å². The van der Waals surface area contributed by atoms with Gasteiger partial charge in [-0.25, -0.2) is 0 Å². The van der Waals surface area contributed by atoms with Crippen molar-refractivity contribution in [2.45, 2.75) is 71.3 Å². The zero-order chi connectivity index (χ0) is 14.0. The van der Waals surface area contributed by atoms with Crippen molar-refractivity contribution >= 4 is 0 Å². The summed E-state index contributed by atoms with van der Waals surface area (Å²) in [6.07, 6.45) is 10.8. The predicted molar refractivity (Wildman–Crippen MR) is 86.2 cm³/mol. The molecule has 1 N–H and O–H groups in total. The molecule has 1 fully saturated rings. The van der Waals surface area contributed by atoms with Crippen molar-refractivity contribution in [2.75, 3.05) is 6.54 Å². The summed E-state index contributed by atoms with van der Waals surface area (Å²) in [6, 6.07) is 7.91. The SMILES string of the molecule is CCNC(Cc1ccc2c(c1)CCC2)C1(C)CCCC1. The molecule has 0 radical (unpaired) electrons. The van der Waals surface area contributed by atoms with E-state index in [1.807, 2.05) is 0 Å². The first-order valence-electron chi connectivity index (χ1n) is 8.55. The highest BCUT2D eigenvalue weighted by Gasteiger charge is 2.36. The Labute approximate surface area is 124 Å². The topological polar surface area (TPSA) is 12.0 Å². The summed E-state index contributed by atoms with van der Waals surface area (Å²) >= 11 is 0. The molecule has 0 heterocycles. The second-order valence-corrected chi connectivity index (χ2v) is 7.13. The van der Waals surface area contributed by atoms with Gasteiger partial charge in [-0.15, -0.1) is 0 Å².